The van der Waals surface area contributed by atoms with Crippen LogP contribution in [0.3, 0.4) is 0 Å². The van der Waals surface area contributed by atoms with Crippen LogP contribution in [0.25, 0.3) is 0 Å². The third-order valence-corrected chi connectivity index (χ3v) is 2.33. The number of nitrogens with zero attached hydrogens (tertiary/aromatic N) is 2. The van der Waals surface area contributed by atoms with Crippen LogP contribution >= 0.6 is 0 Å². The predicted molar refractivity (Wildman–Crippen MR) is 53.0 cm³/mol. The van der Waals surface area contributed by atoms with Crippen LogP contribution in [0.15, 0.2) is 24.7 Å². The highest BCUT2D eigenvalue weighted by Crippen LogP contribution is 2.18. The summed E-state index contributed by atoms with van der Waals surface area (Å²) >= 11 is 0. The van der Waals surface area contributed by atoms with Crippen LogP contribution in [-0.4, -0.2) is 15.3 Å². The first-order valence-corrected chi connectivity index (χ1v) is 4.67. The molecule has 1 aromatic carbocycles. The van der Waals surface area contributed by atoms with E-state index in [-0.39, 0.29) is 5.69 Å². The average Bonchev–Trinajstić information content (AvgIpc) is 2.72. The molecule has 0 aliphatic heterocycles. The van der Waals surface area contributed by atoms with Gasteiger partial charge < -0.3 is 4.57 Å². The van der Waals surface area contributed by atoms with Crippen molar-refractivity contribution in [3.05, 3.63) is 53.4 Å². The third-order valence-electron chi connectivity index (χ3n) is 2.33. The zero-order valence-electron chi connectivity index (χ0n) is 8.75. The Bertz CT molecular complexity index is 592. The van der Waals surface area contributed by atoms with E-state index in [0.717, 1.165) is 6.07 Å². The molecular formula is C11H7F3N2O. The SMILES string of the molecule is Cn1cncc1C(=O)c1ccc(F)c(F)c1F. The van der Waals surface area contributed by atoms with Gasteiger partial charge in [0, 0.05) is 7.05 Å². The van der Waals surface area contributed by atoms with Crippen molar-refractivity contribution < 1.29 is 18.0 Å². The van der Waals surface area contributed by atoms with Crippen molar-refractivity contribution in [2.24, 2.45) is 7.05 Å². The Hall–Kier alpha value is -2.11. The monoisotopic (exact) mass is 240 g/mol. The molecule has 0 aliphatic rings. The summed E-state index contributed by atoms with van der Waals surface area (Å²) in [7, 11) is 1.54. The maximum absolute atomic E-state index is 13.4. The fourth-order valence-electron chi connectivity index (χ4n) is 1.42. The van der Waals surface area contributed by atoms with Crippen LogP contribution in [0.5, 0.6) is 0 Å². The summed E-state index contributed by atoms with van der Waals surface area (Å²) in [5, 5.41) is 0. The summed E-state index contributed by atoms with van der Waals surface area (Å²) < 4.78 is 40.4. The molecule has 1 heterocycles. The van der Waals surface area contributed by atoms with E-state index < -0.39 is 28.8 Å². The Balaban J connectivity index is 2.53. The number of aryl methyl sites for hydroxylation is 1. The van der Waals surface area contributed by atoms with Gasteiger partial charge in [-0.1, -0.05) is 0 Å². The highest BCUT2D eigenvalue weighted by atomic mass is 19.2. The smallest absolute Gasteiger partial charge is 0.214 e. The molecule has 0 unspecified atom stereocenters. The number of aromatic nitrogens is 2. The second-order valence-electron chi connectivity index (χ2n) is 3.44. The number of hydrogen-bond donors (Lipinski definition) is 0. The van der Waals surface area contributed by atoms with Gasteiger partial charge in [0.05, 0.1) is 18.1 Å². The molecule has 0 amide bonds. The molecule has 0 saturated heterocycles. The average molecular weight is 240 g/mol. The van der Waals surface area contributed by atoms with Crippen LogP contribution in [-0.2, 0) is 7.05 Å². The lowest BCUT2D eigenvalue weighted by atomic mass is 10.1. The molecule has 0 atom stereocenters. The zero-order valence-corrected chi connectivity index (χ0v) is 8.75. The number of halogens is 3. The van der Waals surface area contributed by atoms with E-state index in [1.165, 1.54) is 24.1 Å². The fourth-order valence-corrected chi connectivity index (χ4v) is 1.42. The van der Waals surface area contributed by atoms with Crippen LogP contribution in [0.2, 0.25) is 0 Å². The standard InChI is InChI=1S/C11H7F3N2O/c1-16-5-15-4-8(16)11(17)6-2-3-7(12)10(14)9(6)13/h2-5H,1H3. The van der Waals surface area contributed by atoms with Gasteiger partial charge in [-0.05, 0) is 12.1 Å². The van der Waals surface area contributed by atoms with Gasteiger partial charge in [0.1, 0.15) is 5.69 Å². The van der Waals surface area contributed by atoms with Gasteiger partial charge in [-0.3, -0.25) is 4.79 Å². The Kier molecular flexibility index (Phi) is 2.71. The van der Waals surface area contributed by atoms with Crippen molar-refractivity contribution in [3.8, 4) is 0 Å². The minimum atomic E-state index is -1.65. The number of carbonyl (C=O) groups excluding carboxylic acids is 1. The molecule has 0 spiro atoms. The van der Waals surface area contributed by atoms with E-state index >= 15 is 0 Å². The van der Waals surface area contributed by atoms with E-state index in [0.29, 0.717) is 6.07 Å². The van der Waals surface area contributed by atoms with E-state index in [1.807, 2.05) is 0 Å². The van der Waals surface area contributed by atoms with Gasteiger partial charge in [-0.2, -0.15) is 0 Å². The lowest BCUT2D eigenvalue weighted by molar-refractivity contribution is 0.102. The maximum Gasteiger partial charge on any atom is 0.214 e. The van der Waals surface area contributed by atoms with Crippen molar-refractivity contribution in [2.45, 2.75) is 0 Å². The number of rotatable bonds is 2. The molecule has 0 aliphatic carbocycles. The quantitative estimate of drug-likeness (QED) is 0.595. The lowest BCUT2D eigenvalue weighted by Crippen LogP contribution is -2.10. The van der Waals surface area contributed by atoms with Gasteiger partial charge >= 0.3 is 0 Å². The second-order valence-corrected chi connectivity index (χ2v) is 3.44. The Labute approximate surface area is 94.5 Å². The molecule has 88 valence electrons. The topological polar surface area (TPSA) is 34.9 Å². The first-order chi connectivity index (χ1) is 8.02. The molecule has 17 heavy (non-hydrogen) atoms. The first kappa shape index (κ1) is 11.4. The number of imidazole rings is 1. The van der Waals surface area contributed by atoms with Crippen molar-refractivity contribution >= 4 is 5.78 Å². The van der Waals surface area contributed by atoms with E-state index in [1.54, 1.807) is 0 Å². The summed E-state index contributed by atoms with van der Waals surface area (Å²) in [6.07, 6.45) is 2.58. The van der Waals surface area contributed by atoms with Crippen molar-refractivity contribution in [1.82, 2.24) is 9.55 Å². The molecule has 0 N–H and O–H groups in total. The minimum absolute atomic E-state index is 0.0925. The molecule has 0 fully saturated rings. The van der Waals surface area contributed by atoms with Crippen LogP contribution in [0, 0.1) is 17.5 Å². The number of ketones is 1. The minimum Gasteiger partial charge on any atom is -0.331 e. The van der Waals surface area contributed by atoms with Gasteiger partial charge in [-0.25, -0.2) is 18.2 Å². The van der Waals surface area contributed by atoms with Gasteiger partial charge in [0.15, 0.2) is 17.5 Å². The third kappa shape index (κ3) is 1.82. The molecule has 0 bridgehead atoms. The van der Waals surface area contributed by atoms with Gasteiger partial charge in [-0.15, -0.1) is 0 Å². The highest BCUT2D eigenvalue weighted by Gasteiger charge is 2.21. The van der Waals surface area contributed by atoms with Crippen LogP contribution in [0.1, 0.15) is 16.1 Å². The molecule has 0 saturated carbocycles. The Morgan fingerprint density at radius 2 is 1.94 bits per heavy atom. The Morgan fingerprint density at radius 3 is 2.53 bits per heavy atom. The van der Waals surface area contributed by atoms with E-state index in [4.69, 9.17) is 0 Å². The first-order valence-electron chi connectivity index (χ1n) is 4.67. The number of hydrogen-bond acceptors (Lipinski definition) is 2. The second kappa shape index (κ2) is 4.04. The van der Waals surface area contributed by atoms with Gasteiger partial charge in [0.2, 0.25) is 5.78 Å². The summed E-state index contributed by atoms with van der Waals surface area (Å²) in [5.74, 6) is -5.22. The summed E-state index contributed by atoms with van der Waals surface area (Å²) in [6, 6.07) is 1.62. The molecular weight excluding hydrogens is 233 g/mol. The van der Waals surface area contributed by atoms with Gasteiger partial charge in [0.25, 0.3) is 0 Å². The van der Waals surface area contributed by atoms with E-state index in [2.05, 4.69) is 4.98 Å². The summed E-state index contributed by atoms with van der Waals surface area (Å²) in [4.78, 5) is 15.5. The van der Waals surface area contributed by atoms with Crippen molar-refractivity contribution in [1.29, 1.82) is 0 Å². The molecule has 1 aromatic heterocycles. The molecule has 6 heteroatoms. The van der Waals surface area contributed by atoms with Crippen molar-refractivity contribution in [3.63, 3.8) is 0 Å². The molecule has 0 radical (unpaired) electrons. The lowest BCUT2D eigenvalue weighted by Gasteiger charge is -2.04. The molecule has 2 rings (SSSR count). The largest absolute Gasteiger partial charge is 0.331 e. The van der Waals surface area contributed by atoms with E-state index in [9.17, 15) is 18.0 Å². The summed E-state index contributed by atoms with van der Waals surface area (Å²) in [5.41, 5.74) is -0.428. The fraction of sp³-hybridized carbons (Fsp3) is 0.0909. The Morgan fingerprint density at radius 1 is 1.24 bits per heavy atom. The number of benzene rings is 1. The number of carbonyl (C=O) groups is 1. The van der Waals surface area contributed by atoms with Crippen LogP contribution < -0.4 is 0 Å². The van der Waals surface area contributed by atoms with Crippen LogP contribution in [0.4, 0.5) is 13.2 Å². The predicted octanol–water partition coefficient (Wildman–Crippen LogP) is 2.07. The maximum atomic E-state index is 13.4. The highest BCUT2D eigenvalue weighted by molar-refractivity contribution is 6.07. The normalized spacial score (nSPS) is 10.6. The molecule has 3 nitrogen and oxygen atoms in total. The zero-order chi connectivity index (χ0) is 12.6. The molecule has 2 aromatic rings. The van der Waals surface area contributed by atoms with Crippen molar-refractivity contribution in [2.75, 3.05) is 0 Å². The summed E-state index contributed by atoms with van der Waals surface area (Å²) in [6.45, 7) is 0.